The minimum atomic E-state index is 0.106. The van der Waals surface area contributed by atoms with Crippen LogP contribution in [0.15, 0.2) is 24.3 Å². The second-order valence-corrected chi connectivity index (χ2v) is 7.47. The molecule has 1 atom stereocenters. The van der Waals surface area contributed by atoms with Crippen molar-refractivity contribution in [2.24, 2.45) is 11.3 Å². The molecule has 3 N–H and O–H groups in total. The molecule has 0 radical (unpaired) electrons. The first kappa shape index (κ1) is 16.5. The lowest BCUT2D eigenvalue weighted by atomic mass is 9.71. The average molecular weight is 342 g/mol. The Morgan fingerprint density at radius 1 is 1.32 bits per heavy atom. The van der Waals surface area contributed by atoms with Crippen LogP contribution in [-0.2, 0) is 11.2 Å². The number of hydrogen-bond donors (Lipinski definition) is 3. The molecular weight excluding hydrogens is 316 g/mol. The molecule has 0 aliphatic carbocycles. The number of aliphatic hydroxyl groups excluding tert-OH is 1. The molecule has 1 aromatic carbocycles. The first-order valence-electron chi connectivity index (χ1n) is 9.23. The van der Waals surface area contributed by atoms with E-state index < -0.39 is 0 Å². The van der Waals surface area contributed by atoms with E-state index >= 15 is 0 Å². The van der Waals surface area contributed by atoms with Crippen LogP contribution >= 0.6 is 0 Å². The summed E-state index contributed by atoms with van der Waals surface area (Å²) in [5, 5.41) is 13.2. The van der Waals surface area contributed by atoms with Crippen LogP contribution in [0, 0.1) is 11.3 Å². The Balaban J connectivity index is 1.39. The Hall–Kier alpha value is -1.92. The zero-order chi connectivity index (χ0) is 17.3. The Kier molecular flexibility index (Phi) is 4.48. The van der Waals surface area contributed by atoms with Crippen LogP contribution in [0.4, 0.5) is 0 Å². The number of aromatic nitrogens is 2. The number of carbonyl (C=O) groups excluding carboxylic acids is 1. The number of aromatic amines is 1. The second kappa shape index (κ2) is 6.77. The number of hydrogen-bond acceptors (Lipinski definition) is 4. The lowest BCUT2D eigenvalue weighted by Gasteiger charge is -2.37. The Morgan fingerprint density at radius 2 is 2.12 bits per heavy atom. The van der Waals surface area contributed by atoms with Gasteiger partial charge >= 0.3 is 0 Å². The number of para-hydroxylation sites is 2. The van der Waals surface area contributed by atoms with Crippen LogP contribution in [0.2, 0.25) is 0 Å². The third kappa shape index (κ3) is 3.16. The third-order valence-electron chi connectivity index (χ3n) is 6.00. The van der Waals surface area contributed by atoms with Gasteiger partial charge in [-0.2, -0.15) is 0 Å². The van der Waals surface area contributed by atoms with Gasteiger partial charge in [-0.3, -0.25) is 4.79 Å². The van der Waals surface area contributed by atoms with Crippen LogP contribution in [0.1, 0.15) is 25.1 Å². The summed E-state index contributed by atoms with van der Waals surface area (Å²) in [5.41, 5.74) is 2.06. The quantitative estimate of drug-likeness (QED) is 0.783. The lowest BCUT2D eigenvalue weighted by Crippen LogP contribution is -2.43. The van der Waals surface area contributed by atoms with Gasteiger partial charge < -0.3 is 20.3 Å². The van der Waals surface area contributed by atoms with E-state index in [4.69, 9.17) is 0 Å². The normalized spacial score (nSPS) is 22.8. The molecule has 2 aliphatic rings. The van der Waals surface area contributed by atoms with Crippen molar-refractivity contribution in [2.45, 2.75) is 25.7 Å². The monoisotopic (exact) mass is 342 g/mol. The number of fused-ring (bicyclic) bond motifs is 1. The minimum absolute atomic E-state index is 0.106. The van der Waals surface area contributed by atoms with Crippen LogP contribution < -0.4 is 5.32 Å². The predicted molar refractivity (Wildman–Crippen MR) is 96.1 cm³/mol. The smallest absolute Gasteiger partial charge is 0.223 e. The topological polar surface area (TPSA) is 81.2 Å². The second-order valence-electron chi connectivity index (χ2n) is 7.47. The van der Waals surface area contributed by atoms with Crippen molar-refractivity contribution in [3.8, 4) is 0 Å². The Labute approximate surface area is 147 Å². The van der Waals surface area contributed by atoms with Crippen molar-refractivity contribution in [2.75, 3.05) is 32.8 Å². The molecule has 2 aromatic rings. The van der Waals surface area contributed by atoms with Gasteiger partial charge in [-0.25, -0.2) is 4.98 Å². The number of piperidine rings is 1. The SMILES string of the molecule is O=C(CCc1nc2ccccc2[nH]1)N1CC(CO)C2(CCNCC2)C1. The number of imidazole rings is 1. The van der Waals surface area contributed by atoms with Gasteiger partial charge in [-0.1, -0.05) is 12.1 Å². The molecule has 0 saturated carbocycles. The molecule has 2 aliphatic heterocycles. The predicted octanol–water partition coefficient (Wildman–Crippen LogP) is 1.32. The highest BCUT2D eigenvalue weighted by molar-refractivity contribution is 5.77. The van der Waals surface area contributed by atoms with Crippen molar-refractivity contribution in [3.63, 3.8) is 0 Å². The van der Waals surface area contributed by atoms with E-state index in [1.807, 2.05) is 29.2 Å². The minimum Gasteiger partial charge on any atom is -0.396 e. The molecule has 1 amide bonds. The molecule has 1 aromatic heterocycles. The molecule has 6 heteroatoms. The maximum Gasteiger partial charge on any atom is 0.223 e. The van der Waals surface area contributed by atoms with E-state index in [0.29, 0.717) is 19.4 Å². The van der Waals surface area contributed by atoms with Crippen LogP contribution in [-0.4, -0.2) is 58.7 Å². The standard InChI is InChI=1S/C19H26N4O2/c24-12-14-11-23(13-19(14)7-9-20-10-8-19)18(25)6-5-17-21-15-3-1-2-4-16(15)22-17/h1-4,14,20,24H,5-13H2,(H,21,22). The van der Waals surface area contributed by atoms with E-state index in [-0.39, 0.29) is 23.8 Å². The van der Waals surface area contributed by atoms with Gasteiger partial charge in [0, 0.05) is 38.5 Å². The van der Waals surface area contributed by atoms with Gasteiger partial charge in [0.1, 0.15) is 5.82 Å². The van der Waals surface area contributed by atoms with Crippen molar-refractivity contribution in [1.82, 2.24) is 20.2 Å². The molecule has 4 rings (SSSR count). The molecule has 0 bridgehead atoms. The fourth-order valence-electron chi connectivity index (χ4n) is 4.47. The number of H-pyrrole nitrogens is 1. The zero-order valence-corrected chi connectivity index (χ0v) is 14.5. The molecule has 2 fully saturated rings. The van der Waals surface area contributed by atoms with E-state index in [9.17, 15) is 9.90 Å². The highest BCUT2D eigenvalue weighted by Crippen LogP contribution is 2.43. The van der Waals surface area contributed by atoms with Gasteiger partial charge in [0.25, 0.3) is 0 Å². The maximum atomic E-state index is 12.7. The molecule has 6 nitrogen and oxygen atoms in total. The van der Waals surface area contributed by atoms with Gasteiger partial charge in [-0.05, 0) is 43.5 Å². The summed E-state index contributed by atoms with van der Waals surface area (Å²) in [5.74, 6) is 1.25. The summed E-state index contributed by atoms with van der Waals surface area (Å²) in [6.45, 7) is 3.62. The molecule has 1 unspecified atom stereocenters. The van der Waals surface area contributed by atoms with E-state index in [0.717, 1.165) is 49.3 Å². The maximum absolute atomic E-state index is 12.7. The number of rotatable bonds is 4. The summed E-state index contributed by atoms with van der Waals surface area (Å²) < 4.78 is 0. The number of aryl methyl sites for hydroxylation is 1. The largest absolute Gasteiger partial charge is 0.396 e. The van der Waals surface area contributed by atoms with E-state index in [1.54, 1.807) is 0 Å². The number of carbonyl (C=O) groups is 1. The van der Waals surface area contributed by atoms with E-state index in [1.165, 1.54) is 0 Å². The van der Waals surface area contributed by atoms with E-state index in [2.05, 4.69) is 15.3 Å². The fraction of sp³-hybridized carbons (Fsp3) is 0.579. The Morgan fingerprint density at radius 3 is 2.88 bits per heavy atom. The number of nitrogens with zero attached hydrogens (tertiary/aromatic N) is 2. The summed E-state index contributed by atoms with van der Waals surface area (Å²) in [6, 6.07) is 7.92. The molecular formula is C19H26N4O2. The molecule has 134 valence electrons. The number of benzene rings is 1. The molecule has 25 heavy (non-hydrogen) atoms. The van der Waals surface area contributed by atoms with Crippen LogP contribution in [0.25, 0.3) is 11.0 Å². The summed E-state index contributed by atoms with van der Waals surface area (Å²) in [4.78, 5) is 22.5. The van der Waals surface area contributed by atoms with Crippen molar-refractivity contribution in [1.29, 1.82) is 0 Å². The highest BCUT2D eigenvalue weighted by atomic mass is 16.3. The van der Waals surface area contributed by atoms with Crippen LogP contribution in [0.3, 0.4) is 0 Å². The summed E-state index contributed by atoms with van der Waals surface area (Å²) in [7, 11) is 0. The van der Waals surface area contributed by atoms with Crippen molar-refractivity contribution >= 4 is 16.9 Å². The summed E-state index contributed by atoms with van der Waals surface area (Å²) in [6.07, 6.45) is 3.19. The number of aliphatic hydroxyl groups is 1. The van der Waals surface area contributed by atoms with Crippen LogP contribution in [0.5, 0.6) is 0 Å². The summed E-state index contributed by atoms with van der Waals surface area (Å²) >= 11 is 0. The highest BCUT2D eigenvalue weighted by Gasteiger charge is 2.47. The van der Waals surface area contributed by atoms with Gasteiger partial charge in [0.15, 0.2) is 0 Å². The average Bonchev–Trinajstić information content (AvgIpc) is 3.21. The van der Waals surface area contributed by atoms with Crippen molar-refractivity contribution in [3.05, 3.63) is 30.1 Å². The number of likely N-dealkylation sites (tertiary alicyclic amines) is 1. The number of nitrogens with one attached hydrogen (secondary N) is 2. The van der Waals surface area contributed by atoms with Gasteiger partial charge in [0.2, 0.25) is 5.91 Å². The van der Waals surface area contributed by atoms with Gasteiger partial charge in [-0.15, -0.1) is 0 Å². The third-order valence-corrected chi connectivity index (χ3v) is 6.00. The molecule has 1 spiro atoms. The fourth-order valence-corrected chi connectivity index (χ4v) is 4.47. The number of amides is 1. The molecule has 2 saturated heterocycles. The lowest BCUT2D eigenvalue weighted by molar-refractivity contribution is -0.130. The van der Waals surface area contributed by atoms with Crippen molar-refractivity contribution < 1.29 is 9.90 Å². The zero-order valence-electron chi connectivity index (χ0n) is 14.5. The van der Waals surface area contributed by atoms with Gasteiger partial charge in [0.05, 0.1) is 11.0 Å². The Bertz CT molecular complexity index is 718. The first-order valence-corrected chi connectivity index (χ1v) is 9.23. The molecule has 3 heterocycles. The first-order chi connectivity index (χ1) is 12.2.